The van der Waals surface area contributed by atoms with Gasteiger partial charge < -0.3 is 11.1 Å². The van der Waals surface area contributed by atoms with Crippen LogP contribution in [0.4, 0.5) is 5.69 Å². The topological polar surface area (TPSA) is 107 Å². The minimum absolute atomic E-state index is 0.0182. The average molecular weight is 413 g/mol. The molecule has 0 saturated heterocycles. The Kier molecular flexibility index (Phi) is 6.12. The molecule has 0 spiro atoms. The van der Waals surface area contributed by atoms with E-state index in [0.29, 0.717) is 45.1 Å². The first-order valence-corrected chi connectivity index (χ1v) is 10.3. The molecule has 1 aromatic carbocycles. The van der Waals surface area contributed by atoms with E-state index in [2.05, 4.69) is 10.3 Å². The molecule has 0 fully saturated rings. The molecule has 0 aliphatic carbocycles. The van der Waals surface area contributed by atoms with Gasteiger partial charge in [0.25, 0.3) is 11.5 Å². The van der Waals surface area contributed by atoms with Gasteiger partial charge in [-0.1, -0.05) is 32.0 Å². The lowest BCUT2D eigenvalue weighted by molar-refractivity contribution is -0.118. The number of anilines is 1. The standard InChI is InChI=1S/C21H24N4O3S/c1-12(2)18-24-20-16(21(28)25(18)11-7-10-15(22)26)13(3)17(29-20)19(27)23-14-8-5-4-6-9-14/h4-6,8-9,12H,7,10-11H2,1-3H3,(H2,22,26)(H,23,27). The number of para-hydroxylation sites is 1. The molecule has 3 rings (SSSR count). The van der Waals surface area contributed by atoms with Crippen molar-refractivity contribution in [1.82, 2.24) is 9.55 Å². The van der Waals surface area contributed by atoms with Gasteiger partial charge in [-0.25, -0.2) is 4.98 Å². The number of benzene rings is 1. The van der Waals surface area contributed by atoms with Crippen LogP contribution >= 0.6 is 11.3 Å². The maximum atomic E-state index is 13.2. The highest BCUT2D eigenvalue weighted by Gasteiger charge is 2.22. The number of nitrogens with zero attached hydrogens (tertiary/aromatic N) is 2. The first kappa shape index (κ1) is 20.7. The van der Waals surface area contributed by atoms with E-state index in [1.165, 1.54) is 11.3 Å². The Morgan fingerprint density at radius 3 is 2.55 bits per heavy atom. The molecule has 29 heavy (non-hydrogen) atoms. The minimum Gasteiger partial charge on any atom is -0.370 e. The van der Waals surface area contributed by atoms with E-state index in [9.17, 15) is 14.4 Å². The van der Waals surface area contributed by atoms with Crippen molar-refractivity contribution in [3.8, 4) is 0 Å². The van der Waals surface area contributed by atoms with Crippen LogP contribution in [0.5, 0.6) is 0 Å². The van der Waals surface area contributed by atoms with E-state index < -0.39 is 5.91 Å². The molecule has 2 heterocycles. The number of nitrogens with two attached hydrogens (primary N) is 1. The van der Waals surface area contributed by atoms with Crippen molar-refractivity contribution in [2.75, 3.05) is 5.32 Å². The molecule has 152 valence electrons. The molecule has 3 aromatic rings. The predicted molar refractivity (Wildman–Crippen MR) is 116 cm³/mol. The van der Waals surface area contributed by atoms with Gasteiger partial charge in [0, 0.05) is 24.6 Å². The van der Waals surface area contributed by atoms with E-state index in [-0.39, 0.29) is 23.8 Å². The van der Waals surface area contributed by atoms with Gasteiger partial charge in [-0.15, -0.1) is 11.3 Å². The third-order valence-corrected chi connectivity index (χ3v) is 5.82. The van der Waals surface area contributed by atoms with Crippen LogP contribution in [0.3, 0.4) is 0 Å². The number of hydrogen-bond donors (Lipinski definition) is 2. The number of nitrogens with one attached hydrogen (secondary N) is 1. The number of amides is 2. The fraction of sp³-hybridized carbons (Fsp3) is 0.333. The maximum absolute atomic E-state index is 13.2. The number of fused-ring (bicyclic) bond motifs is 1. The quantitative estimate of drug-likeness (QED) is 0.620. The van der Waals surface area contributed by atoms with Crippen LogP contribution in [-0.4, -0.2) is 21.4 Å². The van der Waals surface area contributed by atoms with Crippen molar-refractivity contribution in [3.05, 3.63) is 57.0 Å². The number of rotatable bonds is 7. The summed E-state index contributed by atoms with van der Waals surface area (Å²) in [7, 11) is 0. The third-order valence-electron chi connectivity index (χ3n) is 4.64. The first-order chi connectivity index (χ1) is 13.8. The zero-order valence-electron chi connectivity index (χ0n) is 16.7. The average Bonchev–Trinajstić information content (AvgIpc) is 3.00. The fourth-order valence-electron chi connectivity index (χ4n) is 3.23. The summed E-state index contributed by atoms with van der Waals surface area (Å²) in [5, 5.41) is 3.32. The highest BCUT2D eigenvalue weighted by molar-refractivity contribution is 7.20. The Labute approximate surface area is 172 Å². The first-order valence-electron chi connectivity index (χ1n) is 9.48. The van der Waals surface area contributed by atoms with Gasteiger partial charge >= 0.3 is 0 Å². The van der Waals surface area contributed by atoms with E-state index in [1.807, 2.05) is 32.0 Å². The van der Waals surface area contributed by atoms with Crippen molar-refractivity contribution < 1.29 is 9.59 Å². The van der Waals surface area contributed by atoms with Crippen LogP contribution in [0.1, 0.15) is 53.7 Å². The van der Waals surface area contributed by atoms with E-state index >= 15 is 0 Å². The second kappa shape index (κ2) is 8.57. The molecule has 0 aliphatic heterocycles. The molecule has 0 bridgehead atoms. The van der Waals surface area contributed by atoms with Gasteiger partial charge in [-0.05, 0) is 31.0 Å². The molecule has 0 radical (unpaired) electrons. The number of carbonyl (C=O) groups is 2. The number of carbonyl (C=O) groups excluding carboxylic acids is 2. The van der Waals surface area contributed by atoms with Gasteiger partial charge in [0.05, 0.1) is 10.3 Å². The molecule has 8 heteroatoms. The van der Waals surface area contributed by atoms with Crippen LogP contribution in [0, 0.1) is 6.92 Å². The van der Waals surface area contributed by atoms with Crippen LogP contribution in [0.2, 0.25) is 0 Å². The van der Waals surface area contributed by atoms with Crippen LogP contribution in [0.25, 0.3) is 10.2 Å². The molecule has 7 nitrogen and oxygen atoms in total. The van der Waals surface area contributed by atoms with E-state index in [0.717, 1.165) is 0 Å². The zero-order chi connectivity index (χ0) is 21.1. The van der Waals surface area contributed by atoms with Crippen molar-refractivity contribution >= 4 is 39.1 Å². The molecule has 0 aliphatic rings. The summed E-state index contributed by atoms with van der Waals surface area (Å²) in [4.78, 5) is 42.8. The van der Waals surface area contributed by atoms with E-state index in [4.69, 9.17) is 5.73 Å². The minimum atomic E-state index is -0.398. The summed E-state index contributed by atoms with van der Waals surface area (Å²) in [5.74, 6) is 0.000147. The Morgan fingerprint density at radius 1 is 1.24 bits per heavy atom. The SMILES string of the molecule is Cc1c(C(=O)Nc2ccccc2)sc2nc(C(C)C)n(CCCC(N)=O)c(=O)c12. The van der Waals surface area contributed by atoms with Crippen LogP contribution in [0.15, 0.2) is 35.1 Å². The molecule has 2 aromatic heterocycles. The predicted octanol–water partition coefficient (Wildman–Crippen LogP) is 3.41. The molecular weight excluding hydrogens is 388 g/mol. The Bertz CT molecular complexity index is 1120. The van der Waals surface area contributed by atoms with Crippen molar-refractivity contribution in [3.63, 3.8) is 0 Å². The fourth-order valence-corrected chi connectivity index (χ4v) is 4.30. The molecule has 2 amide bonds. The van der Waals surface area contributed by atoms with Gasteiger partial charge in [0.1, 0.15) is 10.7 Å². The lowest BCUT2D eigenvalue weighted by atomic mass is 10.1. The monoisotopic (exact) mass is 412 g/mol. The largest absolute Gasteiger partial charge is 0.370 e. The smallest absolute Gasteiger partial charge is 0.266 e. The molecule has 0 saturated carbocycles. The molecule has 3 N–H and O–H groups in total. The number of thiophene rings is 1. The number of aromatic nitrogens is 2. The summed E-state index contributed by atoms with van der Waals surface area (Å²) >= 11 is 1.22. The second-order valence-electron chi connectivity index (χ2n) is 7.21. The Hall–Kier alpha value is -3.00. The van der Waals surface area contributed by atoms with Crippen LogP contribution in [-0.2, 0) is 11.3 Å². The summed E-state index contributed by atoms with van der Waals surface area (Å²) in [5.41, 5.74) is 6.35. The van der Waals surface area contributed by atoms with Gasteiger partial charge in [-0.3, -0.25) is 19.0 Å². The number of aryl methyl sites for hydroxylation is 1. The van der Waals surface area contributed by atoms with Crippen molar-refractivity contribution in [1.29, 1.82) is 0 Å². The summed E-state index contributed by atoms with van der Waals surface area (Å²) in [6, 6.07) is 9.17. The summed E-state index contributed by atoms with van der Waals surface area (Å²) in [6.07, 6.45) is 0.669. The van der Waals surface area contributed by atoms with Gasteiger partial charge in [-0.2, -0.15) is 0 Å². The highest BCUT2D eigenvalue weighted by Crippen LogP contribution is 2.29. The second-order valence-corrected chi connectivity index (χ2v) is 8.21. The van der Waals surface area contributed by atoms with Crippen molar-refractivity contribution in [2.45, 2.75) is 46.1 Å². The zero-order valence-corrected chi connectivity index (χ0v) is 17.5. The van der Waals surface area contributed by atoms with Gasteiger partial charge in [0.15, 0.2) is 0 Å². The lowest BCUT2D eigenvalue weighted by Crippen LogP contribution is -2.27. The molecule has 0 unspecified atom stereocenters. The summed E-state index contributed by atoms with van der Waals surface area (Å²) in [6.45, 7) is 6.05. The Balaban J connectivity index is 2.04. The molecular formula is C21H24N4O3S. The van der Waals surface area contributed by atoms with Crippen LogP contribution < -0.4 is 16.6 Å². The van der Waals surface area contributed by atoms with Crippen molar-refractivity contribution in [2.24, 2.45) is 5.73 Å². The molecule has 0 atom stereocenters. The Morgan fingerprint density at radius 2 is 1.93 bits per heavy atom. The maximum Gasteiger partial charge on any atom is 0.266 e. The number of hydrogen-bond acceptors (Lipinski definition) is 5. The lowest BCUT2D eigenvalue weighted by Gasteiger charge is -2.14. The normalized spacial score (nSPS) is 11.2. The van der Waals surface area contributed by atoms with Gasteiger partial charge in [0.2, 0.25) is 5.91 Å². The highest BCUT2D eigenvalue weighted by atomic mass is 32.1. The third kappa shape index (κ3) is 4.37. The summed E-state index contributed by atoms with van der Waals surface area (Å²) < 4.78 is 1.61. The van der Waals surface area contributed by atoms with E-state index in [1.54, 1.807) is 23.6 Å². The number of primary amides is 1.